The second-order valence-electron chi connectivity index (χ2n) is 5.01. The number of ether oxygens (including phenoxy) is 1. The summed E-state index contributed by atoms with van der Waals surface area (Å²) in [4.78, 5) is 12.1. The van der Waals surface area contributed by atoms with Crippen molar-refractivity contribution in [2.45, 2.75) is 32.2 Å². The van der Waals surface area contributed by atoms with Crippen molar-refractivity contribution in [2.24, 2.45) is 5.92 Å². The minimum atomic E-state index is -0.125. The highest BCUT2D eigenvalue weighted by Crippen LogP contribution is 2.33. The van der Waals surface area contributed by atoms with Crippen LogP contribution in [0.2, 0.25) is 0 Å². The Bertz CT molecular complexity index is 441. The van der Waals surface area contributed by atoms with Crippen molar-refractivity contribution in [1.82, 2.24) is 5.32 Å². The first kappa shape index (κ1) is 12.7. The Balaban J connectivity index is 2.02. The van der Waals surface area contributed by atoms with Crippen LogP contribution in [0.3, 0.4) is 0 Å². The summed E-state index contributed by atoms with van der Waals surface area (Å²) >= 11 is 0. The number of nitrogens with two attached hydrogens (primary N) is 1. The lowest BCUT2D eigenvalue weighted by molar-refractivity contribution is 0.0938. The molecular formula is C14H20N2O2. The third-order valence-electron chi connectivity index (χ3n) is 3.27. The number of benzene rings is 1. The molecule has 4 nitrogen and oxygen atoms in total. The van der Waals surface area contributed by atoms with Gasteiger partial charge in [-0.25, -0.2) is 0 Å². The molecule has 0 bridgehead atoms. The summed E-state index contributed by atoms with van der Waals surface area (Å²) in [6, 6.07) is 5.31. The molecular weight excluding hydrogens is 228 g/mol. The number of nitrogen functional groups attached to an aromatic ring is 1. The number of anilines is 1. The molecule has 0 saturated heterocycles. The van der Waals surface area contributed by atoms with Gasteiger partial charge >= 0.3 is 0 Å². The number of rotatable bonds is 5. The highest BCUT2D eigenvalue weighted by atomic mass is 16.5. The zero-order valence-corrected chi connectivity index (χ0v) is 10.9. The number of carbonyl (C=O) groups excluding carboxylic acids is 1. The smallest absolute Gasteiger partial charge is 0.253 e. The van der Waals surface area contributed by atoms with Crippen molar-refractivity contribution in [2.75, 3.05) is 12.8 Å². The summed E-state index contributed by atoms with van der Waals surface area (Å²) in [5.41, 5.74) is 6.78. The predicted octanol–water partition coefficient (Wildman–Crippen LogP) is 2.20. The molecule has 4 heteroatoms. The average molecular weight is 248 g/mol. The molecule has 1 aromatic carbocycles. The van der Waals surface area contributed by atoms with Crippen molar-refractivity contribution in [3.63, 3.8) is 0 Å². The molecule has 0 spiro atoms. The number of carbonyl (C=O) groups is 1. The van der Waals surface area contributed by atoms with E-state index in [2.05, 4.69) is 5.32 Å². The van der Waals surface area contributed by atoms with E-state index in [0.717, 1.165) is 12.3 Å². The van der Waals surface area contributed by atoms with E-state index in [1.54, 1.807) is 25.3 Å². The molecule has 1 saturated carbocycles. The Morgan fingerprint density at radius 3 is 2.89 bits per heavy atom. The molecule has 1 aromatic rings. The van der Waals surface area contributed by atoms with E-state index < -0.39 is 0 Å². The summed E-state index contributed by atoms with van der Waals surface area (Å²) in [7, 11) is 1.57. The Morgan fingerprint density at radius 1 is 1.56 bits per heavy atom. The van der Waals surface area contributed by atoms with Gasteiger partial charge in [-0.2, -0.15) is 0 Å². The van der Waals surface area contributed by atoms with Crippen LogP contribution in [0, 0.1) is 5.92 Å². The van der Waals surface area contributed by atoms with Crippen molar-refractivity contribution in [3.8, 4) is 5.75 Å². The molecule has 2 rings (SSSR count). The standard InChI is InChI=1S/C14H20N2O2/c1-9(7-10-3-4-10)16-14(17)12-8-11(18-2)5-6-13(12)15/h5-6,8-10H,3-4,7,15H2,1-2H3,(H,16,17). The van der Waals surface area contributed by atoms with E-state index in [0.29, 0.717) is 17.0 Å². The number of amides is 1. The lowest BCUT2D eigenvalue weighted by Crippen LogP contribution is -2.33. The van der Waals surface area contributed by atoms with Crippen LogP contribution >= 0.6 is 0 Å². The van der Waals surface area contributed by atoms with Gasteiger partial charge in [0.2, 0.25) is 0 Å². The SMILES string of the molecule is COc1ccc(N)c(C(=O)NC(C)CC2CC2)c1. The fourth-order valence-corrected chi connectivity index (χ4v) is 2.07. The second-order valence-corrected chi connectivity index (χ2v) is 5.01. The number of hydrogen-bond acceptors (Lipinski definition) is 3. The van der Waals surface area contributed by atoms with Crippen molar-refractivity contribution < 1.29 is 9.53 Å². The van der Waals surface area contributed by atoms with Crippen LogP contribution in [0.1, 0.15) is 36.5 Å². The fourth-order valence-electron chi connectivity index (χ4n) is 2.07. The maximum absolute atomic E-state index is 12.1. The summed E-state index contributed by atoms with van der Waals surface area (Å²) in [5, 5.41) is 2.99. The number of nitrogens with one attached hydrogen (secondary N) is 1. The molecule has 3 N–H and O–H groups in total. The van der Waals surface area contributed by atoms with Crippen molar-refractivity contribution in [1.29, 1.82) is 0 Å². The average Bonchev–Trinajstić information content (AvgIpc) is 3.13. The first-order valence-electron chi connectivity index (χ1n) is 6.34. The van der Waals surface area contributed by atoms with Gasteiger partial charge in [0.25, 0.3) is 5.91 Å². The molecule has 1 aliphatic carbocycles. The molecule has 1 atom stereocenters. The second kappa shape index (κ2) is 5.29. The van der Waals surface area contributed by atoms with Crippen LogP contribution in [0.5, 0.6) is 5.75 Å². The van der Waals surface area contributed by atoms with Crippen LogP contribution in [0.25, 0.3) is 0 Å². The Hall–Kier alpha value is -1.71. The van der Waals surface area contributed by atoms with Crippen LogP contribution < -0.4 is 15.8 Å². The molecule has 0 heterocycles. The zero-order chi connectivity index (χ0) is 13.1. The van der Waals surface area contributed by atoms with Crippen LogP contribution in [-0.4, -0.2) is 19.1 Å². The number of hydrogen-bond donors (Lipinski definition) is 2. The van der Waals surface area contributed by atoms with Gasteiger partial charge in [-0.15, -0.1) is 0 Å². The van der Waals surface area contributed by atoms with E-state index in [1.165, 1.54) is 12.8 Å². The van der Waals surface area contributed by atoms with E-state index >= 15 is 0 Å². The van der Waals surface area contributed by atoms with Gasteiger partial charge in [0.1, 0.15) is 5.75 Å². The van der Waals surface area contributed by atoms with Gasteiger partial charge in [-0.3, -0.25) is 4.79 Å². The lowest BCUT2D eigenvalue weighted by atomic mass is 10.1. The van der Waals surface area contributed by atoms with Crippen LogP contribution in [0.15, 0.2) is 18.2 Å². The molecule has 1 amide bonds. The Kier molecular flexibility index (Phi) is 3.75. The quantitative estimate of drug-likeness (QED) is 0.785. The summed E-state index contributed by atoms with van der Waals surface area (Å²) in [6.45, 7) is 2.03. The van der Waals surface area contributed by atoms with Crippen molar-refractivity contribution >= 4 is 11.6 Å². The molecule has 1 aliphatic rings. The molecule has 0 radical (unpaired) electrons. The predicted molar refractivity (Wildman–Crippen MR) is 71.7 cm³/mol. The first-order valence-corrected chi connectivity index (χ1v) is 6.34. The van der Waals surface area contributed by atoms with E-state index in [1.807, 2.05) is 6.92 Å². The molecule has 0 aliphatic heterocycles. The largest absolute Gasteiger partial charge is 0.497 e. The monoisotopic (exact) mass is 248 g/mol. The van der Waals surface area contributed by atoms with E-state index in [4.69, 9.17) is 10.5 Å². The van der Waals surface area contributed by atoms with E-state index in [9.17, 15) is 4.79 Å². The molecule has 0 aromatic heterocycles. The van der Waals surface area contributed by atoms with Crippen LogP contribution in [0.4, 0.5) is 5.69 Å². The molecule has 1 fully saturated rings. The normalized spacial score (nSPS) is 16.1. The molecule has 18 heavy (non-hydrogen) atoms. The summed E-state index contributed by atoms with van der Waals surface area (Å²) in [6.07, 6.45) is 3.64. The third kappa shape index (κ3) is 3.15. The Labute approximate surface area is 108 Å². The Morgan fingerprint density at radius 2 is 2.28 bits per heavy atom. The first-order chi connectivity index (χ1) is 8.60. The van der Waals surface area contributed by atoms with Gasteiger partial charge in [0, 0.05) is 11.7 Å². The minimum absolute atomic E-state index is 0.125. The van der Waals surface area contributed by atoms with Gasteiger partial charge < -0.3 is 15.8 Å². The molecule has 1 unspecified atom stereocenters. The zero-order valence-electron chi connectivity index (χ0n) is 10.9. The maximum Gasteiger partial charge on any atom is 0.253 e. The van der Waals surface area contributed by atoms with Gasteiger partial charge in [-0.1, -0.05) is 12.8 Å². The summed E-state index contributed by atoms with van der Waals surface area (Å²) in [5.74, 6) is 1.31. The van der Waals surface area contributed by atoms with E-state index in [-0.39, 0.29) is 11.9 Å². The minimum Gasteiger partial charge on any atom is -0.497 e. The summed E-state index contributed by atoms with van der Waals surface area (Å²) < 4.78 is 5.10. The lowest BCUT2D eigenvalue weighted by Gasteiger charge is -2.14. The van der Waals surface area contributed by atoms with Crippen LogP contribution in [-0.2, 0) is 0 Å². The third-order valence-corrected chi connectivity index (χ3v) is 3.27. The fraction of sp³-hybridized carbons (Fsp3) is 0.500. The van der Waals surface area contributed by atoms with Gasteiger partial charge in [0.05, 0.1) is 12.7 Å². The highest BCUT2D eigenvalue weighted by Gasteiger charge is 2.24. The van der Waals surface area contributed by atoms with Gasteiger partial charge in [0.15, 0.2) is 0 Å². The maximum atomic E-state index is 12.1. The molecule has 98 valence electrons. The van der Waals surface area contributed by atoms with Crippen molar-refractivity contribution in [3.05, 3.63) is 23.8 Å². The topological polar surface area (TPSA) is 64.3 Å². The highest BCUT2D eigenvalue weighted by molar-refractivity contribution is 5.99. The van der Waals surface area contributed by atoms with Gasteiger partial charge in [-0.05, 0) is 37.5 Å². The number of methoxy groups -OCH3 is 1.